The molecule has 0 N–H and O–H groups in total. The largest absolute Gasteiger partial charge is 0.353 e. The summed E-state index contributed by atoms with van der Waals surface area (Å²) in [6.45, 7) is 0.781. The molecule has 0 bridgehead atoms. The number of rotatable bonds is 2. The Morgan fingerprint density at radius 2 is 1.64 bits per heavy atom. The monoisotopic (exact) mass is 163 g/mol. The number of halogens is 1. The average molecular weight is 163 g/mol. The molecule has 0 radical (unpaired) electrons. The van der Waals surface area contributed by atoms with Crippen LogP contribution < -0.4 is 0 Å². The van der Waals surface area contributed by atoms with Gasteiger partial charge in [-0.2, -0.15) is 0 Å². The zero-order valence-electron chi connectivity index (χ0n) is 6.97. The van der Waals surface area contributed by atoms with E-state index in [0.29, 0.717) is 25.9 Å². The highest BCUT2D eigenvalue weighted by atomic mass is 19.2. The molecule has 0 unspecified atom stereocenters. The van der Waals surface area contributed by atoms with Gasteiger partial charge in [-0.1, -0.05) is 0 Å². The van der Waals surface area contributed by atoms with Crippen LogP contribution in [0.2, 0.25) is 0 Å². The summed E-state index contributed by atoms with van der Waals surface area (Å²) in [5.74, 6) is -0.539. The summed E-state index contributed by atoms with van der Waals surface area (Å²) in [7, 11) is 3.19. The number of methoxy groups -OCH3 is 2. The molecule has 0 aliphatic carbocycles. The van der Waals surface area contributed by atoms with Gasteiger partial charge in [0.05, 0.1) is 0 Å². The van der Waals surface area contributed by atoms with E-state index in [1.807, 2.05) is 0 Å². The highest BCUT2D eigenvalue weighted by molar-refractivity contribution is 4.76. The van der Waals surface area contributed by atoms with Gasteiger partial charge in [-0.3, -0.25) is 0 Å². The predicted octanol–water partition coefficient (Wildman–Crippen LogP) is 0.956. The van der Waals surface area contributed by atoms with Crippen molar-refractivity contribution in [2.24, 2.45) is 0 Å². The normalized spacial score (nSPS) is 25.4. The Labute approximate surface area is 66.0 Å². The van der Waals surface area contributed by atoms with Crippen molar-refractivity contribution >= 4 is 0 Å². The maximum absolute atomic E-state index is 12.5. The highest BCUT2D eigenvalue weighted by Gasteiger charge is 2.34. The van der Waals surface area contributed by atoms with Gasteiger partial charge in [0, 0.05) is 40.2 Å². The van der Waals surface area contributed by atoms with E-state index in [1.54, 1.807) is 14.2 Å². The molecular formula is C7H14FNO2. The van der Waals surface area contributed by atoms with E-state index in [4.69, 9.17) is 9.47 Å². The standard InChI is InChI=1S/C7H14FNO2/c1-10-7(11-2)3-5-9(8)6-4-7/h3-6H2,1-2H3. The Hall–Kier alpha value is -0.190. The molecule has 1 rings (SSSR count). The predicted molar refractivity (Wildman–Crippen MR) is 38.7 cm³/mol. The maximum Gasteiger partial charge on any atom is 0.170 e. The first-order chi connectivity index (χ1) is 5.22. The summed E-state index contributed by atoms with van der Waals surface area (Å²) in [5, 5.41) is 0.788. The third-order valence-electron chi connectivity index (χ3n) is 2.21. The van der Waals surface area contributed by atoms with Crippen molar-refractivity contribution in [1.82, 2.24) is 5.12 Å². The maximum atomic E-state index is 12.5. The second-order valence-electron chi connectivity index (χ2n) is 2.73. The molecule has 1 saturated heterocycles. The van der Waals surface area contributed by atoms with Crippen molar-refractivity contribution in [1.29, 1.82) is 0 Å². The molecule has 1 aliphatic heterocycles. The molecule has 0 aromatic heterocycles. The molecule has 11 heavy (non-hydrogen) atoms. The van der Waals surface area contributed by atoms with E-state index in [-0.39, 0.29) is 0 Å². The fourth-order valence-electron chi connectivity index (χ4n) is 1.31. The minimum absolute atomic E-state index is 0.391. The van der Waals surface area contributed by atoms with Crippen molar-refractivity contribution in [2.75, 3.05) is 27.3 Å². The van der Waals surface area contributed by atoms with E-state index in [9.17, 15) is 4.48 Å². The number of hydrogen-bond donors (Lipinski definition) is 0. The average Bonchev–Trinajstić information content (AvgIpc) is 2.07. The molecule has 1 heterocycles. The van der Waals surface area contributed by atoms with Gasteiger partial charge in [0.15, 0.2) is 5.79 Å². The minimum atomic E-state index is -0.539. The molecular weight excluding hydrogens is 149 g/mol. The van der Waals surface area contributed by atoms with Crippen LogP contribution in [0.3, 0.4) is 0 Å². The van der Waals surface area contributed by atoms with E-state index >= 15 is 0 Å². The van der Waals surface area contributed by atoms with Crippen LogP contribution in [0.5, 0.6) is 0 Å². The summed E-state index contributed by atoms with van der Waals surface area (Å²) in [6, 6.07) is 0. The third kappa shape index (κ3) is 1.89. The van der Waals surface area contributed by atoms with Crippen LogP contribution in [0.4, 0.5) is 4.48 Å². The van der Waals surface area contributed by atoms with Crippen molar-refractivity contribution < 1.29 is 14.0 Å². The van der Waals surface area contributed by atoms with E-state index in [0.717, 1.165) is 5.12 Å². The molecule has 1 fully saturated rings. The lowest BCUT2D eigenvalue weighted by molar-refractivity contribution is -0.241. The van der Waals surface area contributed by atoms with Gasteiger partial charge in [0.1, 0.15) is 0 Å². The molecule has 0 spiro atoms. The van der Waals surface area contributed by atoms with E-state index < -0.39 is 5.79 Å². The lowest BCUT2D eigenvalue weighted by Crippen LogP contribution is -2.44. The third-order valence-corrected chi connectivity index (χ3v) is 2.21. The Bertz CT molecular complexity index is 118. The molecule has 4 heteroatoms. The fourth-order valence-corrected chi connectivity index (χ4v) is 1.31. The van der Waals surface area contributed by atoms with Gasteiger partial charge in [0.25, 0.3) is 0 Å². The summed E-state index contributed by atoms with van der Waals surface area (Å²) >= 11 is 0. The molecule has 1 aliphatic rings. The van der Waals surface area contributed by atoms with Gasteiger partial charge >= 0.3 is 0 Å². The van der Waals surface area contributed by atoms with Gasteiger partial charge in [-0.05, 0) is 0 Å². The van der Waals surface area contributed by atoms with Gasteiger partial charge in [0.2, 0.25) is 0 Å². The van der Waals surface area contributed by atoms with Crippen molar-refractivity contribution in [3.05, 3.63) is 0 Å². The smallest absolute Gasteiger partial charge is 0.170 e. The summed E-state index contributed by atoms with van der Waals surface area (Å²) in [6.07, 6.45) is 1.19. The zero-order chi connectivity index (χ0) is 8.32. The Morgan fingerprint density at radius 3 is 2.00 bits per heavy atom. The van der Waals surface area contributed by atoms with Crippen LogP contribution >= 0.6 is 0 Å². The topological polar surface area (TPSA) is 21.7 Å². The van der Waals surface area contributed by atoms with Crippen molar-refractivity contribution in [3.63, 3.8) is 0 Å². The van der Waals surface area contributed by atoms with E-state index in [2.05, 4.69) is 0 Å². The molecule has 0 aromatic rings. The molecule has 0 amide bonds. The number of hydrogen-bond acceptors (Lipinski definition) is 3. The Balaban J connectivity index is 2.45. The zero-order valence-corrected chi connectivity index (χ0v) is 6.97. The van der Waals surface area contributed by atoms with Crippen molar-refractivity contribution in [2.45, 2.75) is 18.6 Å². The number of nitrogens with zero attached hydrogens (tertiary/aromatic N) is 1. The first-order valence-electron chi connectivity index (χ1n) is 3.73. The Morgan fingerprint density at radius 1 is 1.18 bits per heavy atom. The molecule has 0 atom stereocenters. The summed E-state index contributed by atoms with van der Waals surface area (Å²) in [4.78, 5) is 0. The van der Waals surface area contributed by atoms with Crippen LogP contribution in [0, 0.1) is 0 Å². The van der Waals surface area contributed by atoms with Crippen LogP contribution in [0.25, 0.3) is 0 Å². The molecule has 3 nitrogen and oxygen atoms in total. The van der Waals surface area contributed by atoms with Crippen LogP contribution in [0.15, 0.2) is 0 Å². The summed E-state index contributed by atoms with van der Waals surface area (Å²) in [5.41, 5.74) is 0. The SMILES string of the molecule is COC1(OC)CCN(F)CC1. The Kier molecular flexibility index (Phi) is 2.81. The van der Waals surface area contributed by atoms with Crippen LogP contribution in [-0.2, 0) is 9.47 Å². The summed E-state index contributed by atoms with van der Waals surface area (Å²) < 4.78 is 22.8. The quantitative estimate of drug-likeness (QED) is 0.447. The van der Waals surface area contributed by atoms with Gasteiger partial charge in [-0.15, -0.1) is 9.60 Å². The first-order valence-corrected chi connectivity index (χ1v) is 3.73. The second kappa shape index (κ2) is 3.47. The number of ether oxygens (including phenoxy) is 2. The van der Waals surface area contributed by atoms with Crippen molar-refractivity contribution in [3.8, 4) is 0 Å². The second-order valence-corrected chi connectivity index (χ2v) is 2.73. The van der Waals surface area contributed by atoms with E-state index in [1.165, 1.54) is 0 Å². The van der Waals surface area contributed by atoms with Crippen LogP contribution in [-0.4, -0.2) is 38.2 Å². The number of piperidine rings is 1. The molecule has 0 saturated carbocycles. The van der Waals surface area contributed by atoms with Gasteiger partial charge in [-0.25, -0.2) is 0 Å². The molecule has 66 valence electrons. The van der Waals surface area contributed by atoms with Gasteiger partial charge < -0.3 is 9.47 Å². The minimum Gasteiger partial charge on any atom is -0.353 e. The van der Waals surface area contributed by atoms with Crippen LogP contribution in [0.1, 0.15) is 12.8 Å². The lowest BCUT2D eigenvalue weighted by Gasteiger charge is -2.36. The first kappa shape index (κ1) is 8.90. The highest BCUT2D eigenvalue weighted by Crippen LogP contribution is 2.25. The lowest BCUT2D eigenvalue weighted by atomic mass is 10.1. The fraction of sp³-hybridized carbons (Fsp3) is 1.00. The molecule has 0 aromatic carbocycles.